The van der Waals surface area contributed by atoms with Crippen LogP contribution >= 0.6 is 0 Å². The maximum absolute atomic E-state index is 6.05. The van der Waals surface area contributed by atoms with Gasteiger partial charge in [-0.3, -0.25) is 0 Å². The second-order valence-corrected chi connectivity index (χ2v) is 5.36. The van der Waals surface area contributed by atoms with Crippen molar-refractivity contribution in [2.45, 2.75) is 64.3 Å². The average molecular weight is 181 g/mol. The lowest BCUT2D eigenvalue weighted by Gasteiger charge is -2.28. The van der Waals surface area contributed by atoms with E-state index in [0.717, 1.165) is 5.92 Å². The van der Waals surface area contributed by atoms with Gasteiger partial charge in [-0.25, -0.2) is 0 Å². The minimum atomic E-state index is 0.439. The van der Waals surface area contributed by atoms with Crippen molar-refractivity contribution in [1.29, 1.82) is 0 Å². The zero-order valence-corrected chi connectivity index (χ0v) is 8.89. The molecule has 0 aromatic carbocycles. The molecule has 0 heterocycles. The molecule has 0 aromatic heterocycles. The molecule has 0 aromatic rings. The molecule has 0 aliphatic heterocycles. The highest BCUT2D eigenvalue weighted by Gasteiger charge is 2.46. The highest BCUT2D eigenvalue weighted by molar-refractivity contribution is 5.00. The van der Waals surface area contributed by atoms with Crippen LogP contribution in [0.15, 0.2) is 0 Å². The first kappa shape index (κ1) is 9.51. The Balaban J connectivity index is 1.82. The highest BCUT2D eigenvalue weighted by atomic mass is 14.7. The number of hydrogen-bond acceptors (Lipinski definition) is 1. The van der Waals surface area contributed by atoms with Crippen molar-refractivity contribution < 1.29 is 0 Å². The lowest BCUT2D eigenvalue weighted by Crippen LogP contribution is -2.30. The molecule has 2 rings (SSSR count). The van der Waals surface area contributed by atoms with Crippen molar-refractivity contribution in [2.24, 2.45) is 17.1 Å². The summed E-state index contributed by atoms with van der Waals surface area (Å²) in [6.45, 7) is 2.20. The van der Waals surface area contributed by atoms with E-state index in [2.05, 4.69) is 6.92 Å². The van der Waals surface area contributed by atoms with E-state index in [-0.39, 0.29) is 0 Å². The summed E-state index contributed by atoms with van der Waals surface area (Å²) in [5.41, 5.74) is 6.64. The van der Waals surface area contributed by atoms with Crippen LogP contribution in [0.25, 0.3) is 0 Å². The first-order valence-electron chi connectivity index (χ1n) is 5.98. The van der Waals surface area contributed by atoms with Gasteiger partial charge in [0.1, 0.15) is 0 Å². The molecule has 2 saturated carbocycles. The molecule has 2 fully saturated rings. The SMILES string of the molecule is CC(N)C1(CC2CCCCC2)CC1. The van der Waals surface area contributed by atoms with E-state index >= 15 is 0 Å². The second kappa shape index (κ2) is 3.61. The average Bonchev–Trinajstić information content (AvgIpc) is 2.87. The molecular formula is C12H23N. The van der Waals surface area contributed by atoms with Crippen LogP contribution in [0.2, 0.25) is 0 Å². The van der Waals surface area contributed by atoms with Crippen LogP contribution in [0.1, 0.15) is 58.3 Å². The van der Waals surface area contributed by atoms with Crippen LogP contribution in [-0.2, 0) is 0 Å². The van der Waals surface area contributed by atoms with Crippen molar-refractivity contribution in [3.05, 3.63) is 0 Å². The first-order valence-corrected chi connectivity index (χ1v) is 5.98. The highest BCUT2D eigenvalue weighted by Crippen LogP contribution is 2.54. The Morgan fingerprint density at radius 2 is 1.85 bits per heavy atom. The molecule has 1 unspecified atom stereocenters. The summed E-state index contributed by atoms with van der Waals surface area (Å²) in [7, 11) is 0. The minimum Gasteiger partial charge on any atom is -0.327 e. The van der Waals surface area contributed by atoms with Crippen molar-refractivity contribution in [3.63, 3.8) is 0 Å². The molecule has 13 heavy (non-hydrogen) atoms. The molecule has 0 bridgehead atoms. The van der Waals surface area contributed by atoms with Crippen LogP contribution < -0.4 is 5.73 Å². The van der Waals surface area contributed by atoms with Crippen LogP contribution in [0.4, 0.5) is 0 Å². The van der Waals surface area contributed by atoms with Gasteiger partial charge < -0.3 is 5.73 Å². The standard InChI is InChI=1S/C12H23N/c1-10(13)12(7-8-12)9-11-5-3-2-4-6-11/h10-11H,2-9,13H2,1H3. The molecule has 0 spiro atoms. The number of hydrogen-bond donors (Lipinski definition) is 1. The Bertz CT molecular complexity index is 164. The molecule has 2 aliphatic carbocycles. The second-order valence-electron chi connectivity index (χ2n) is 5.36. The summed E-state index contributed by atoms with van der Waals surface area (Å²) < 4.78 is 0. The van der Waals surface area contributed by atoms with E-state index in [4.69, 9.17) is 5.73 Å². The van der Waals surface area contributed by atoms with Crippen molar-refractivity contribution in [3.8, 4) is 0 Å². The molecule has 1 nitrogen and oxygen atoms in total. The van der Waals surface area contributed by atoms with Crippen molar-refractivity contribution >= 4 is 0 Å². The van der Waals surface area contributed by atoms with Gasteiger partial charge in [0, 0.05) is 6.04 Å². The summed E-state index contributed by atoms with van der Waals surface area (Å²) in [5.74, 6) is 1.02. The minimum absolute atomic E-state index is 0.439. The maximum Gasteiger partial charge on any atom is 0.00671 e. The Hall–Kier alpha value is -0.0400. The molecule has 0 amide bonds. The molecule has 76 valence electrons. The van der Waals surface area contributed by atoms with Gasteiger partial charge in [-0.05, 0) is 37.5 Å². The predicted molar refractivity (Wildman–Crippen MR) is 56.5 cm³/mol. The van der Waals surface area contributed by atoms with Crippen LogP contribution in [0.3, 0.4) is 0 Å². The van der Waals surface area contributed by atoms with E-state index in [1.165, 1.54) is 51.4 Å². The topological polar surface area (TPSA) is 26.0 Å². The zero-order chi connectivity index (χ0) is 9.31. The Morgan fingerprint density at radius 3 is 2.31 bits per heavy atom. The van der Waals surface area contributed by atoms with Gasteiger partial charge in [0.05, 0.1) is 0 Å². The summed E-state index contributed by atoms with van der Waals surface area (Å²) >= 11 is 0. The van der Waals surface area contributed by atoms with Gasteiger partial charge in [0.15, 0.2) is 0 Å². The largest absolute Gasteiger partial charge is 0.327 e. The normalized spacial score (nSPS) is 30.0. The van der Waals surface area contributed by atoms with Crippen LogP contribution in [-0.4, -0.2) is 6.04 Å². The summed E-state index contributed by atoms with van der Waals surface area (Å²) in [4.78, 5) is 0. The Labute approximate surface area is 82.1 Å². The lowest BCUT2D eigenvalue weighted by molar-refractivity contribution is 0.253. The van der Waals surface area contributed by atoms with E-state index in [0.29, 0.717) is 11.5 Å². The molecule has 2 N–H and O–H groups in total. The van der Waals surface area contributed by atoms with Gasteiger partial charge >= 0.3 is 0 Å². The van der Waals surface area contributed by atoms with Gasteiger partial charge in [0.25, 0.3) is 0 Å². The summed E-state index contributed by atoms with van der Waals surface area (Å²) in [6, 6.07) is 0.439. The molecule has 1 heteroatoms. The number of rotatable bonds is 3. The summed E-state index contributed by atoms with van der Waals surface area (Å²) in [5, 5.41) is 0. The predicted octanol–water partition coefficient (Wildman–Crippen LogP) is 3.08. The fourth-order valence-corrected chi connectivity index (χ4v) is 2.97. The fourth-order valence-electron chi connectivity index (χ4n) is 2.97. The van der Waals surface area contributed by atoms with Crippen LogP contribution in [0.5, 0.6) is 0 Å². The smallest absolute Gasteiger partial charge is 0.00671 e. The van der Waals surface area contributed by atoms with Gasteiger partial charge in [-0.15, -0.1) is 0 Å². The summed E-state index contributed by atoms with van der Waals surface area (Å²) in [6.07, 6.45) is 11.6. The van der Waals surface area contributed by atoms with Gasteiger partial charge in [0.2, 0.25) is 0 Å². The van der Waals surface area contributed by atoms with Gasteiger partial charge in [-0.1, -0.05) is 32.1 Å². The zero-order valence-electron chi connectivity index (χ0n) is 8.89. The van der Waals surface area contributed by atoms with Crippen molar-refractivity contribution in [2.75, 3.05) is 0 Å². The molecule has 0 saturated heterocycles. The third-order valence-electron chi connectivity index (χ3n) is 4.28. The van der Waals surface area contributed by atoms with Crippen molar-refractivity contribution in [1.82, 2.24) is 0 Å². The maximum atomic E-state index is 6.05. The van der Waals surface area contributed by atoms with E-state index < -0.39 is 0 Å². The molecular weight excluding hydrogens is 158 g/mol. The van der Waals surface area contributed by atoms with E-state index in [1.807, 2.05) is 0 Å². The lowest BCUT2D eigenvalue weighted by atomic mass is 9.79. The quantitative estimate of drug-likeness (QED) is 0.711. The third kappa shape index (κ3) is 2.07. The first-order chi connectivity index (χ1) is 6.23. The van der Waals surface area contributed by atoms with Gasteiger partial charge in [-0.2, -0.15) is 0 Å². The Kier molecular flexibility index (Phi) is 2.64. The van der Waals surface area contributed by atoms with Crippen LogP contribution in [0, 0.1) is 11.3 Å². The monoisotopic (exact) mass is 181 g/mol. The fraction of sp³-hybridized carbons (Fsp3) is 1.00. The van der Waals surface area contributed by atoms with E-state index in [1.54, 1.807) is 0 Å². The van der Waals surface area contributed by atoms with E-state index in [9.17, 15) is 0 Å². The molecule has 1 atom stereocenters. The molecule has 0 radical (unpaired) electrons. The third-order valence-corrected chi connectivity index (χ3v) is 4.28. The molecule has 2 aliphatic rings. The Morgan fingerprint density at radius 1 is 1.23 bits per heavy atom. The number of nitrogens with two attached hydrogens (primary N) is 1.